The third-order valence-electron chi connectivity index (χ3n) is 16.4. The summed E-state index contributed by atoms with van der Waals surface area (Å²) >= 11 is 0. The SMILES string of the molecule is CC/C=C\C/C=C\C/C=C\C/C=C\C/C=C\C/C=C\CCC(=O)OCC(COP(=O)(O)OCC(O)COP(=O)(O)OCC(COC(=O)CCCCC/C=C\C/C=C\C/C=C\C/C=C\C/C=C\CC)OC(=O)CCCCCCCC/C=C\C/C=C\C/C=C\C/C=C\CC)OC(=O)CCCCCCC/C=C\C/C=C\C/C=C\CC. The van der Waals surface area contributed by atoms with Crippen molar-refractivity contribution in [2.24, 2.45) is 0 Å². The summed E-state index contributed by atoms with van der Waals surface area (Å²) in [6.07, 6.45) is 105. The van der Waals surface area contributed by atoms with Crippen molar-refractivity contribution in [1.29, 1.82) is 0 Å². The van der Waals surface area contributed by atoms with Gasteiger partial charge in [0.1, 0.15) is 19.3 Å². The van der Waals surface area contributed by atoms with E-state index in [0.29, 0.717) is 32.1 Å². The zero-order valence-electron chi connectivity index (χ0n) is 69.0. The van der Waals surface area contributed by atoms with Crippen LogP contribution >= 0.6 is 15.6 Å². The molecule has 19 heteroatoms. The van der Waals surface area contributed by atoms with Crippen molar-refractivity contribution in [3.63, 3.8) is 0 Å². The van der Waals surface area contributed by atoms with E-state index in [9.17, 15) is 43.2 Å². The minimum absolute atomic E-state index is 0.0227. The maximum absolute atomic E-state index is 13.1. The first-order chi connectivity index (χ1) is 54.7. The number of rotatable bonds is 76. The van der Waals surface area contributed by atoms with E-state index in [1.165, 1.54) is 0 Å². The number of aliphatic hydroxyl groups excluding tert-OH is 1. The van der Waals surface area contributed by atoms with Crippen LogP contribution in [0.2, 0.25) is 0 Å². The van der Waals surface area contributed by atoms with Gasteiger partial charge in [-0.15, -0.1) is 0 Å². The van der Waals surface area contributed by atoms with E-state index in [1.54, 1.807) is 0 Å². The molecule has 0 fully saturated rings. The normalized spacial score (nSPS) is 14.9. The first kappa shape index (κ1) is 105. The number of hydrogen-bond donors (Lipinski definition) is 3. The van der Waals surface area contributed by atoms with Gasteiger partial charge in [-0.05, 0) is 180 Å². The number of carbonyl (C=O) groups is 4. The van der Waals surface area contributed by atoms with Crippen molar-refractivity contribution in [1.82, 2.24) is 0 Å². The molecule has 0 saturated carbocycles. The zero-order valence-corrected chi connectivity index (χ0v) is 70.8. The Hall–Kier alpha value is -6.62. The molecular formula is C93H146O17P2. The van der Waals surface area contributed by atoms with Crippen molar-refractivity contribution >= 4 is 39.5 Å². The lowest BCUT2D eigenvalue weighted by Crippen LogP contribution is -2.30. The average molecular weight is 1600 g/mol. The molecule has 0 rings (SSSR count). The first-order valence-corrected chi connectivity index (χ1v) is 45.0. The molecule has 0 aliphatic carbocycles. The van der Waals surface area contributed by atoms with Crippen LogP contribution in [-0.2, 0) is 65.4 Å². The maximum atomic E-state index is 13.1. The van der Waals surface area contributed by atoms with Crippen LogP contribution in [0.4, 0.5) is 0 Å². The van der Waals surface area contributed by atoms with E-state index in [4.69, 9.17) is 37.0 Å². The Morgan fingerprint density at radius 2 is 0.455 bits per heavy atom. The second-order valence-electron chi connectivity index (χ2n) is 26.9. The molecule has 0 aliphatic rings. The van der Waals surface area contributed by atoms with Gasteiger partial charge >= 0.3 is 39.5 Å². The van der Waals surface area contributed by atoms with Gasteiger partial charge in [0.2, 0.25) is 0 Å². The van der Waals surface area contributed by atoms with Crippen LogP contribution in [0.1, 0.15) is 285 Å². The van der Waals surface area contributed by atoms with Crippen LogP contribution in [0.25, 0.3) is 0 Å². The molecule has 0 spiro atoms. The number of allylic oxidation sites excluding steroid dienone is 36. The molecule has 5 unspecified atom stereocenters. The van der Waals surface area contributed by atoms with Crippen LogP contribution in [0.3, 0.4) is 0 Å². The summed E-state index contributed by atoms with van der Waals surface area (Å²) in [4.78, 5) is 73.2. The van der Waals surface area contributed by atoms with Crippen molar-refractivity contribution in [2.45, 2.75) is 303 Å². The fourth-order valence-corrected chi connectivity index (χ4v) is 11.8. The predicted molar refractivity (Wildman–Crippen MR) is 463 cm³/mol. The van der Waals surface area contributed by atoms with E-state index < -0.39 is 97.5 Å². The summed E-state index contributed by atoms with van der Waals surface area (Å²) in [6.45, 7) is 4.24. The number of phosphoric acid groups is 2. The van der Waals surface area contributed by atoms with Crippen LogP contribution < -0.4 is 0 Å². The molecule has 0 aromatic heterocycles. The quantitative estimate of drug-likeness (QED) is 0.0169. The molecule has 3 N–H and O–H groups in total. The third-order valence-corrected chi connectivity index (χ3v) is 18.3. The lowest BCUT2D eigenvalue weighted by molar-refractivity contribution is -0.161. The van der Waals surface area contributed by atoms with Crippen molar-refractivity contribution in [3.8, 4) is 0 Å². The lowest BCUT2D eigenvalue weighted by Gasteiger charge is -2.21. The van der Waals surface area contributed by atoms with Crippen molar-refractivity contribution in [3.05, 3.63) is 219 Å². The number of phosphoric ester groups is 2. The summed E-state index contributed by atoms with van der Waals surface area (Å²) in [5.74, 6) is -2.37. The molecule has 0 aromatic rings. The highest BCUT2D eigenvalue weighted by molar-refractivity contribution is 7.47. The van der Waals surface area contributed by atoms with Crippen LogP contribution in [-0.4, -0.2) is 96.7 Å². The molecule has 0 aliphatic heterocycles. The average Bonchev–Trinajstić information content (AvgIpc) is 0.898. The highest BCUT2D eigenvalue weighted by Crippen LogP contribution is 2.45. The molecule has 0 radical (unpaired) electrons. The van der Waals surface area contributed by atoms with Crippen LogP contribution in [0.5, 0.6) is 0 Å². The minimum atomic E-state index is -5.02. The standard InChI is InChI=1S/C93H146O17P2/c1-5-9-13-17-21-25-29-33-37-40-43-46-50-53-57-61-65-69-73-77-90(95)103-83-88(109-92(97)79-75-71-67-63-59-55-49-36-32-28-24-20-16-12-8-4)85-107-111(99,100)105-81-87(94)82-106-112(101,102)108-86-89(110-93(98)80-76-72-68-64-60-56-52-48-45-42-39-35-31-27-23-19-15-11-7-3)84-104-91(96)78-74-70-66-62-58-54-51-47-44-41-38-34-30-26-22-18-14-10-6-2/h9-16,21-28,33-39,43-49,53-54,57-58,65,69,87-89,94H,5-8,17-20,29-32,40-42,50-52,55-56,59-64,66-68,70-86H2,1-4H3,(H,99,100)(H,101,102)/b13-9-,14-10-,15-11-,16-12-,25-21-,26-22-,27-23-,28-24-,37-33-,38-34-,39-35-,46-43-,47-44-,48-45-,49-36-,57-53-,58-54-,69-65-. The first-order valence-electron chi connectivity index (χ1n) is 42.0. The fraction of sp³-hybridized carbons (Fsp3) is 0.570. The van der Waals surface area contributed by atoms with Crippen molar-refractivity contribution < 1.29 is 80.2 Å². The molecule has 17 nitrogen and oxygen atoms in total. The van der Waals surface area contributed by atoms with Gasteiger partial charge in [-0.2, -0.15) is 0 Å². The molecule has 112 heavy (non-hydrogen) atoms. The minimum Gasteiger partial charge on any atom is -0.462 e. The number of carbonyl (C=O) groups excluding carboxylic acids is 4. The summed E-state index contributed by atoms with van der Waals surface area (Å²) < 4.78 is 68.7. The van der Waals surface area contributed by atoms with E-state index in [-0.39, 0.29) is 25.7 Å². The Morgan fingerprint density at radius 3 is 0.732 bits per heavy atom. The number of aliphatic hydroxyl groups is 1. The van der Waals surface area contributed by atoms with E-state index in [1.807, 2.05) is 18.2 Å². The van der Waals surface area contributed by atoms with Crippen LogP contribution in [0.15, 0.2) is 219 Å². The van der Waals surface area contributed by atoms with Gasteiger partial charge in [-0.3, -0.25) is 37.3 Å². The fourth-order valence-electron chi connectivity index (χ4n) is 10.2. The Morgan fingerprint density at radius 1 is 0.250 bits per heavy atom. The topological polar surface area (TPSA) is 237 Å². The smallest absolute Gasteiger partial charge is 0.462 e. The van der Waals surface area contributed by atoms with E-state index >= 15 is 0 Å². The van der Waals surface area contributed by atoms with Gasteiger partial charge in [0.25, 0.3) is 0 Å². The van der Waals surface area contributed by atoms with Gasteiger partial charge in [0, 0.05) is 25.7 Å². The van der Waals surface area contributed by atoms with Gasteiger partial charge < -0.3 is 33.8 Å². The summed E-state index contributed by atoms with van der Waals surface area (Å²) in [6, 6.07) is 0. The monoisotopic (exact) mass is 1600 g/mol. The zero-order chi connectivity index (χ0) is 81.7. The second-order valence-corrected chi connectivity index (χ2v) is 29.8. The molecule has 0 saturated heterocycles. The van der Waals surface area contributed by atoms with Gasteiger partial charge in [-0.25, -0.2) is 9.13 Å². The Bertz CT molecular complexity index is 2990. The molecule has 630 valence electrons. The third kappa shape index (κ3) is 81.4. The molecule has 5 atom stereocenters. The highest BCUT2D eigenvalue weighted by Gasteiger charge is 2.30. The number of unbranched alkanes of at least 4 members (excludes halogenated alkanes) is 14. The largest absolute Gasteiger partial charge is 0.472 e. The lowest BCUT2D eigenvalue weighted by atomic mass is 10.1. The summed E-state index contributed by atoms with van der Waals surface area (Å²) in [7, 11) is -10.0. The maximum Gasteiger partial charge on any atom is 0.472 e. The Balaban J connectivity index is 5.53. The number of hydrogen-bond acceptors (Lipinski definition) is 15. The second kappa shape index (κ2) is 82.4. The van der Waals surface area contributed by atoms with Gasteiger partial charge in [0.15, 0.2) is 12.2 Å². The van der Waals surface area contributed by atoms with Crippen LogP contribution in [0, 0.1) is 0 Å². The Kier molecular flexibility index (Phi) is 77.5. The molecule has 0 bridgehead atoms. The van der Waals surface area contributed by atoms with Gasteiger partial charge in [-0.1, -0.05) is 298 Å². The molecular weight excluding hydrogens is 1450 g/mol. The molecule has 0 amide bonds. The molecule has 0 aromatic carbocycles. The van der Waals surface area contributed by atoms with Crippen molar-refractivity contribution in [2.75, 3.05) is 39.6 Å². The summed E-state index contributed by atoms with van der Waals surface area (Å²) in [5.41, 5.74) is 0. The predicted octanol–water partition coefficient (Wildman–Crippen LogP) is 25.2. The van der Waals surface area contributed by atoms with E-state index in [0.717, 1.165) is 199 Å². The van der Waals surface area contributed by atoms with Gasteiger partial charge in [0.05, 0.1) is 26.4 Å². The summed E-state index contributed by atoms with van der Waals surface area (Å²) in [5, 5.41) is 10.7. The Labute approximate surface area is 677 Å². The highest BCUT2D eigenvalue weighted by atomic mass is 31.2. The molecule has 0 heterocycles. The number of esters is 4. The number of ether oxygens (including phenoxy) is 4. The van der Waals surface area contributed by atoms with E-state index in [2.05, 4.69) is 228 Å².